The highest BCUT2D eigenvalue weighted by Crippen LogP contribution is 2.40. The van der Waals surface area contributed by atoms with Crippen molar-refractivity contribution in [3.8, 4) is 5.88 Å². The van der Waals surface area contributed by atoms with Crippen molar-refractivity contribution in [1.29, 1.82) is 0 Å². The molecular weight excluding hydrogens is 310 g/mol. The molecule has 0 amide bonds. The first-order valence-electron chi connectivity index (χ1n) is 7.31. The van der Waals surface area contributed by atoms with Gasteiger partial charge in [-0.1, -0.05) is 23.8 Å². The van der Waals surface area contributed by atoms with Crippen LogP contribution in [0.4, 0.5) is 11.4 Å². The van der Waals surface area contributed by atoms with Crippen molar-refractivity contribution >= 4 is 22.3 Å². The monoisotopic (exact) mass is 325 g/mol. The van der Waals surface area contributed by atoms with E-state index in [1.165, 1.54) is 12.1 Å². The number of nitrogens with zero attached hydrogens (tertiary/aromatic N) is 3. The largest absolute Gasteiger partial charge is 0.493 e. The second-order valence-corrected chi connectivity index (χ2v) is 5.75. The number of aromatic hydroxyl groups is 1. The van der Waals surface area contributed by atoms with Crippen molar-refractivity contribution in [2.75, 3.05) is 0 Å². The van der Waals surface area contributed by atoms with E-state index >= 15 is 0 Å². The number of hydrogen-bond donors (Lipinski definition) is 1. The normalized spacial score (nSPS) is 10.9. The highest BCUT2D eigenvalue weighted by molar-refractivity contribution is 5.97. The molecule has 1 heterocycles. The maximum atomic E-state index is 11.2. The van der Waals surface area contributed by atoms with Crippen molar-refractivity contribution in [1.82, 2.24) is 4.57 Å². The third-order valence-electron chi connectivity index (χ3n) is 3.99. The molecule has 7 nitrogen and oxygen atoms in total. The molecule has 1 aromatic heterocycles. The fourth-order valence-corrected chi connectivity index (χ4v) is 3.05. The Balaban J connectivity index is 2.20. The van der Waals surface area contributed by atoms with Gasteiger partial charge in [0.15, 0.2) is 5.69 Å². The Bertz CT molecular complexity index is 976. The van der Waals surface area contributed by atoms with Crippen LogP contribution in [-0.2, 0) is 6.54 Å². The fraction of sp³-hybridized carbons (Fsp3) is 0.176. The molecule has 0 spiro atoms. The molecular formula is C17H15N3O4. The lowest BCUT2D eigenvalue weighted by Gasteiger charge is -2.09. The summed E-state index contributed by atoms with van der Waals surface area (Å²) in [4.78, 5) is 21.6. The molecule has 24 heavy (non-hydrogen) atoms. The van der Waals surface area contributed by atoms with Crippen LogP contribution in [0.3, 0.4) is 0 Å². The standard InChI is InChI=1S/C17H15N3O4/c1-10-6-11(2)16-14(7-10)15(18-22)17(21)19(16)9-12-4-3-5-13(8-12)20(23)24/h3-8,21H,9H2,1-2H3. The molecule has 0 aliphatic carbocycles. The minimum absolute atomic E-state index is 0.0118. The first-order valence-corrected chi connectivity index (χ1v) is 7.31. The second kappa shape index (κ2) is 5.77. The van der Waals surface area contributed by atoms with Gasteiger partial charge in [-0.25, -0.2) is 0 Å². The predicted molar refractivity (Wildman–Crippen MR) is 90.7 cm³/mol. The Morgan fingerprint density at radius 3 is 2.67 bits per heavy atom. The van der Waals surface area contributed by atoms with Crippen molar-refractivity contribution < 1.29 is 10.0 Å². The molecule has 1 N–H and O–H groups in total. The zero-order valence-corrected chi connectivity index (χ0v) is 13.2. The number of fused-ring (bicyclic) bond motifs is 1. The molecule has 0 unspecified atom stereocenters. The molecule has 0 saturated heterocycles. The van der Waals surface area contributed by atoms with Crippen molar-refractivity contribution in [3.05, 3.63) is 68.1 Å². The summed E-state index contributed by atoms with van der Waals surface area (Å²) < 4.78 is 1.56. The van der Waals surface area contributed by atoms with E-state index in [-0.39, 0.29) is 23.8 Å². The SMILES string of the molecule is Cc1cc(C)c2c(c1)c(N=O)c(O)n2Cc1cccc([N+](=O)[O-])c1. The van der Waals surface area contributed by atoms with Gasteiger partial charge in [0.05, 0.1) is 17.0 Å². The Morgan fingerprint density at radius 2 is 2.00 bits per heavy atom. The van der Waals surface area contributed by atoms with Crippen LogP contribution in [0.5, 0.6) is 5.88 Å². The second-order valence-electron chi connectivity index (χ2n) is 5.75. The maximum absolute atomic E-state index is 11.2. The average Bonchev–Trinajstić information content (AvgIpc) is 2.79. The van der Waals surface area contributed by atoms with E-state index in [0.29, 0.717) is 16.5 Å². The summed E-state index contributed by atoms with van der Waals surface area (Å²) in [7, 11) is 0. The van der Waals surface area contributed by atoms with E-state index < -0.39 is 4.92 Å². The van der Waals surface area contributed by atoms with Crippen molar-refractivity contribution in [2.45, 2.75) is 20.4 Å². The summed E-state index contributed by atoms with van der Waals surface area (Å²) in [5.74, 6) is -0.236. The number of hydrogen-bond acceptors (Lipinski definition) is 5. The maximum Gasteiger partial charge on any atom is 0.269 e. The molecule has 0 aliphatic heterocycles. The quantitative estimate of drug-likeness (QED) is 0.439. The van der Waals surface area contributed by atoms with Crippen LogP contribution in [-0.4, -0.2) is 14.6 Å². The van der Waals surface area contributed by atoms with Gasteiger partial charge in [0.2, 0.25) is 5.88 Å². The molecule has 3 rings (SSSR count). The van der Waals surface area contributed by atoms with Gasteiger partial charge >= 0.3 is 0 Å². The van der Waals surface area contributed by atoms with E-state index in [0.717, 1.165) is 11.1 Å². The Morgan fingerprint density at radius 1 is 1.25 bits per heavy atom. The highest BCUT2D eigenvalue weighted by atomic mass is 16.6. The molecule has 0 radical (unpaired) electrons. The predicted octanol–water partition coefficient (Wildman–Crippen LogP) is 4.32. The fourth-order valence-electron chi connectivity index (χ4n) is 3.05. The Hall–Kier alpha value is -3.22. The third kappa shape index (κ3) is 2.50. The van der Waals surface area contributed by atoms with Gasteiger partial charge in [-0.3, -0.25) is 10.1 Å². The lowest BCUT2D eigenvalue weighted by molar-refractivity contribution is -0.384. The van der Waals surface area contributed by atoms with Gasteiger partial charge in [-0.2, -0.15) is 0 Å². The highest BCUT2D eigenvalue weighted by Gasteiger charge is 2.20. The summed E-state index contributed by atoms with van der Waals surface area (Å²) in [5, 5.41) is 24.9. The van der Waals surface area contributed by atoms with Gasteiger partial charge < -0.3 is 9.67 Å². The summed E-state index contributed by atoms with van der Waals surface area (Å²) >= 11 is 0. The van der Waals surface area contributed by atoms with E-state index in [9.17, 15) is 20.1 Å². The minimum Gasteiger partial charge on any atom is -0.493 e. The number of rotatable bonds is 4. The third-order valence-corrected chi connectivity index (χ3v) is 3.99. The lowest BCUT2D eigenvalue weighted by Crippen LogP contribution is -2.01. The van der Waals surface area contributed by atoms with Crippen LogP contribution in [0.25, 0.3) is 10.9 Å². The van der Waals surface area contributed by atoms with Crippen LogP contribution in [0.2, 0.25) is 0 Å². The molecule has 3 aromatic rings. The van der Waals surface area contributed by atoms with Gasteiger partial charge in [0.1, 0.15) is 0 Å². The van der Waals surface area contributed by atoms with Crippen LogP contribution >= 0.6 is 0 Å². The summed E-state index contributed by atoms with van der Waals surface area (Å²) in [6, 6.07) is 9.91. The van der Waals surface area contributed by atoms with Gasteiger partial charge in [0, 0.05) is 17.5 Å². The summed E-state index contributed by atoms with van der Waals surface area (Å²) in [6.07, 6.45) is 0. The Labute approximate surface area is 137 Å². The number of nitro groups is 1. The summed E-state index contributed by atoms with van der Waals surface area (Å²) in [6.45, 7) is 3.98. The number of aromatic nitrogens is 1. The van der Waals surface area contributed by atoms with E-state index in [1.807, 2.05) is 19.9 Å². The molecule has 0 fully saturated rings. The zero-order valence-electron chi connectivity index (χ0n) is 13.2. The van der Waals surface area contributed by atoms with E-state index in [4.69, 9.17) is 0 Å². The smallest absolute Gasteiger partial charge is 0.269 e. The van der Waals surface area contributed by atoms with Gasteiger partial charge in [-0.15, -0.1) is 4.91 Å². The number of benzene rings is 2. The van der Waals surface area contributed by atoms with Crippen molar-refractivity contribution in [2.24, 2.45) is 5.18 Å². The number of non-ortho nitro benzene ring substituents is 1. The molecule has 0 atom stereocenters. The number of nitroso groups, excluding NO2 is 1. The molecule has 0 aliphatic rings. The molecule has 0 saturated carbocycles. The lowest BCUT2D eigenvalue weighted by atomic mass is 10.1. The molecule has 2 aromatic carbocycles. The molecule has 7 heteroatoms. The van der Waals surface area contributed by atoms with Crippen LogP contribution in [0.1, 0.15) is 16.7 Å². The Kier molecular flexibility index (Phi) is 3.76. The minimum atomic E-state index is -0.468. The molecule has 0 bridgehead atoms. The van der Waals surface area contributed by atoms with E-state index in [1.54, 1.807) is 22.8 Å². The topological polar surface area (TPSA) is 97.7 Å². The van der Waals surface area contributed by atoms with Gasteiger partial charge in [0.25, 0.3) is 5.69 Å². The molecule has 122 valence electrons. The van der Waals surface area contributed by atoms with Crippen molar-refractivity contribution in [3.63, 3.8) is 0 Å². The van der Waals surface area contributed by atoms with Crippen LogP contribution in [0.15, 0.2) is 41.6 Å². The first kappa shape index (κ1) is 15.7. The zero-order chi connectivity index (χ0) is 17.4. The van der Waals surface area contributed by atoms with Gasteiger partial charge in [-0.05, 0) is 36.2 Å². The van der Waals surface area contributed by atoms with Crippen LogP contribution < -0.4 is 0 Å². The number of nitro benzene ring substituents is 1. The summed E-state index contributed by atoms with van der Waals surface area (Å²) in [5.41, 5.74) is 3.15. The first-order chi connectivity index (χ1) is 11.4. The van der Waals surface area contributed by atoms with Crippen LogP contribution in [0, 0.1) is 28.9 Å². The van der Waals surface area contributed by atoms with E-state index in [2.05, 4.69) is 5.18 Å². The average molecular weight is 325 g/mol. The number of aryl methyl sites for hydroxylation is 2.